The molecule has 1 aliphatic carbocycles. The zero-order valence-electron chi connectivity index (χ0n) is 16.5. The number of fused-ring (bicyclic) bond motifs is 1. The highest BCUT2D eigenvalue weighted by atomic mass is 16.2. The van der Waals surface area contributed by atoms with E-state index in [1.54, 1.807) is 30.1 Å². The van der Waals surface area contributed by atoms with Crippen LogP contribution in [0.2, 0.25) is 0 Å². The number of amides is 2. The minimum atomic E-state index is -0.375. The molecule has 7 heteroatoms. The highest BCUT2D eigenvalue weighted by Gasteiger charge is 2.37. The maximum absolute atomic E-state index is 13.5. The van der Waals surface area contributed by atoms with Crippen molar-refractivity contribution in [3.05, 3.63) is 23.5 Å². The van der Waals surface area contributed by atoms with E-state index in [0.29, 0.717) is 18.0 Å². The summed E-state index contributed by atoms with van der Waals surface area (Å²) in [7, 11) is 3.48. The van der Waals surface area contributed by atoms with E-state index >= 15 is 0 Å². The Bertz CT molecular complexity index is 897. The lowest BCUT2D eigenvalue weighted by Crippen LogP contribution is -2.45. The molecular formula is C20H27N5O2. The van der Waals surface area contributed by atoms with E-state index in [0.717, 1.165) is 42.4 Å². The summed E-state index contributed by atoms with van der Waals surface area (Å²) in [6.45, 7) is 4.74. The van der Waals surface area contributed by atoms with Crippen molar-refractivity contribution < 1.29 is 9.59 Å². The van der Waals surface area contributed by atoms with Gasteiger partial charge in [-0.15, -0.1) is 0 Å². The van der Waals surface area contributed by atoms with Crippen LogP contribution in [0.15, 0.2) is 12.3 Å². The summed E-state index contributed by atoms with van der Waals surface area (Å²) in [5, 5.41) is 5.25. The standard InChI is InChI=1S/C20H27N5O2/c1-12(2)25-18-15(11-21-25)14(10-16(22-18)13-7-8-13)19(26)24-9-5-6-17(24)20(27)23(3)4/h10-13,17H,5-9H2,1-4H3/t17-/m0/s1. The summed E-state index contributed by atoms with van der Waals surface area (Å²) in [4.78, 5) is 34.1. The van der Waals surface area contributed by atoms with Crippen LogP contribution < -0.4 is 0 Å². The van der Waals surface area contributed by atoms with Crippen molar-refractivity contribution >= 4 is 22.8 Å². The second-order valence-corrected chi connectivity index (χ2v) is 8.18. The molecule has 2 aliphatic rings. The molecule has 0 spiro atoms. The summed E-state index contributed by atoms with van der Waals surface area (Å²) in [5.74, 6) is 0.353. The van der Waals surface area contributed by atoms with Gasteiger partial charge in [-0.1, -0.05) is 0 Å². The van der Waals surface area contributed by atoms with Crippen LogP contribution in [-0.4, -0.2) is 63.1 Å². The minimum Gasteiger partial charge on any atom is -0.347 e. The molecule has 2 amide bonds. The second-order valence-electron chi connectivity index (χ2n) is 8.18. The maximum atomic E-state index is 13.5. The summed E-state index contributed by atoms with van der Waals surface area (Å²) in [6, 6.07) is 1.73. The number of pyridine rings is 1. The fraction of sp³-hybridized carbons (Fsp3) is 0.600. The van der Waals surface area contributed by atoms with Gasteiger partial charge in [0.25, 0.3) is 5.91 Å². The Labute approximate surface area is 159 Å². The van der Waals surface area contributed by atoms with E-state index in [2.05, 4.69) is 18.9 Å². The third-order valence-corrected chi connectivity index (χ3v) is 5.54. The second kappa shape index (κ2) is 6.62. The molecule has 0 N–H and O–H groups in total. The van der Waals surface area contributed by atoms with Gasteiger partial charge >= 0.3 is 0 Å². The van der Waals surface area contributed by atoms with E-state index < -0.39 is 0 Å². The predicted octanol–water partition coefficient (Wildman–Crippen LogP) is 2.58. The van der Waals surface area contributed by atoms with Crippen molar-refractivity contribution in [3.63, 3.8) is 0 Å². The topological polar surface area (TPSA) is 71.3 Å². The molecule has 2 aromatic rings. The van der Waals surface area contributed by atoms with Crippen molar-refractivity contribution in [2.45, 2.75) is 57.5 Å². The Balaban J connectivity index is 1.78. The third-order valence-electron chi connectivity index (χ3n) is 5.54. The van der Waals surface area contributed by atoms with Crippen LogP contribution in [0.4, 0.5) is 0 Å². The summed E-state index contributed by atoms with van der Waals surface area (Å²) in [6.07, 6.45) is 5.55. The number of carbonyl (C=O) groups is 2. The molecule has 0 radical (unpaired) electrons. The zero-order chi connectivity index (χ0) is 19.3. The van der Waals surface area contributed by atoms with Gasteiger partial charge in [0.2, 0.25) is 5.91 Å². The van der Waals surface area contributed by atoms with E-state index in [9.17, 15) is 9.59 Å². The molecule has 1 aliphatic heterocycles. The van der Waals surface area contributed by atoms with Gasteiger partial charge in [-0.05, 0) is 45.6 Å². The Morgan fingerprint density at radius 1 is 1.22 bits per heavy atom. The van der Waals surface area contributed by atoms with Crippen molar-refractivity contribution in [2.75, 3.05) is 20.6 Å². The van der Waals surface area contributed by atoms with Crippen molar-refractivity contribution in [1.82, 2.24) is 24.6 Å². The Morgan fingerprint density at radius 2 is 1.96 bits per heavy atom. The summed E-state index contributed by atoms with van der Waals surface area (Å²) in [5.41, 5.74) is 2.38. The molecule has 144 valence electrons. The molecule has 1 saturated carbocycles. The fourth-order valence-electron chi connectivity index (χ4n) is 3.90. The molecule has 0 bridgehead atoms. The van der Waals surface area contributed by atoms with E-state index in [1.165, 1.54) is 0 Å². The highest BCUT2D eigenvalue weighted by molar-refractivity contribution is 6.07. The quantitative estimate of drug-likeness (QED) is 0.830. The lowest BCUT2D eigenvalue weighted by molar-refractivity contribution is -0.132. The van der Waals surface area contributed by atoms with Crippen LogP contribution in [0.3, 0.4) is 0 Å². The number of likely N-dealkylation sites (N-methyl/N-ethyl adjacent to an activating group) is 1. The van der Waals surface area contributed by atoms with Crippen molar-refractivity contribution in [2.24, 2.45) is 0 Å². The van der Waals surface area contributed by atoms with Gasteiger partial charge in [-0.2, -0.15) is 5.10 Å². The Kier molecular flexibility index (Phi) is 4.40. The SMILES string of the molecule is CC(C)n1ncc2c(C(=O)N3CCC[C@H]3C(=O)N(C)C)cc(C3CC3)nc21. The average Bonchev–Trinajstić information content (AvgIpc) is 3.21. The number of carbonyl (C=O) groups excluding carboxylic acids is 2. The van der Waals surface area contributed by atoms with Crippen molar-refractivity contribution in [3.8, 4) is 0 Å². The van der Waals surface area contributed by atoms with Crippen LogP contribution in [0.5, 0.6) is 0 Å². The normalized spacial score (nSPS) is 19.9. The van der Waals surface area contributed by atoms with Gasteiger partial charge < -0.3 is 9.80 Å². The molecule has 3 heterocycles. The van der Waals surface area contributed by atoms with Gasteiger partial charge in [0, 0.05) is 38.3 Å². The number of aromatic nitrogens is 3. The Hall–Kier alpha value is -2.44. The first-order chi connectivity index (χ1) is 12.9. The summed E-state index contributed by atoms with van der Waals surface area (Å²) >= 11 is 0. The van der Waals surface area contributed by atoms with Gasteiger partial charge in [-0.3, -0.25) is 9.59 Å². The number of rotatable bonds is 4. The van der Waals surface area contributed by atoms with Gasteiger partial charge in [-0.25, -0.2) is 9.67 Å². The van der Waals surface area contributed by atoms with Crippen LogP contribution in [0.25, 0.3) is 11.0 Å². The molecule has 27 heavy (non-hydrogen) atoms. The molecule has 1 atom stereocenters. The van der Waals surface area contributed by atoms with Gasteiger partial charge in [0.05, 0.1) is 17.1 Å². The number of likely N-dealkylation sites (tertiary alicyclic amines) is 1. The maximum Gasteiger partial charge on any atom is 0.255 e. The average molecular weight is 369 g/mol. The molecule has 4 rings (SSSR count). The van der Waals surface area contributed by atoms with Crippen LogP contribution >= 0.6 is 0 Å². The zero-order valence-corrected chi connectivity index (χ0v) is 16.5. The molecule has 2 fully saturated rings. The van der Waals surface area contributed by atoms with E-state index in [4.69, 9.17) is 4.98 Å². The Morgan fingerprint density at radius 3 is 2.59 bits per heavy atom. The molecule has 0 aromatic carbocycles. The van der Waals surface area contributed by atoms with Crippen LogP contribution in [0.1, 0.15) is 67.5 Å². The monoisotopic (exact) mass is 369 g/mol. The molecule has 0 unspecified atom stereocenters. The smallest absolute Gasteiger partial charge is 0.255 e. The number of hydrogen-bond acceptors (Lipinski definition) is 4. The summed E-state index contributed by atoms with van der Waals surface area (Å²) < 4.78 is 1.88. The lowest BCUT2D eigenvalue weighted by Gasteiger charge is -2.26. The first-order valence-corrected chi connectivity index (χ1v) is 9.78. The van der Waals surface area contributed by atoms with Crippen LogP contribution in [0, 0.1) is 0 Å². The predicted molar refractivity (Wildman–Crippen MR) is 103 cm³/mol. The molecule has 2 aromatic heterocycles. The molecule has 1 saturated heterocycles. The largest absolute Gasteiger partial charge is 0.347 e. The highest BCUT2D eigenvalue weighted by Crippen LogP contribution is 2.40. The van der Waals surface area contributed by atoms with E-state index in [1.807, 2.05) is 10.7 Å². The van der Waals surface area contributed by atoms with Gasteiger partial charge in [0.15, 0.2) is 5.65 Å². The number of hydrogen-bond donors (Lipinski definition) is 0. The lowest BCUT2D eigenvalue weighted by atomic mass is 10.1. The first-order valence-electron chi connectivity index (χ1n) is 9.78. The fourth-order valence-corrected chi connectivity index (χ4v) is 3.90. The van der Waals surface area contributed by atoms with E-state index in [-0.39, 0.29) is 23.9 Å². The van der Waals surface area contributed by atoms with Crippen molar-refractivity contribution in [1.29, 1.82) is 0 Å². The van der Waals surface area contributed by atoms with Gasteiger partial charge in [0.1, 0.15) is 6.04 Å². The van der Waals surface area contributed by atoms with Crippen LogP contribution in [-0.2, 0) is 4.79 Å². The first kappa shape index (κ1) is 17.9. The molecule has 7 nitrogen and oxygen atoms in total. The minimum absolute atomic E-state index is 0.00792. The number of nitrogens with zero attached hydrogens (tertiary/aromatic N) is 5. The molecular weight excluding hydrogens is 342 g/mol. The third kappa shape index (κ3) is 3.09.